The topological polar surface area (TPSA) is 116 Å². The number of nitro groups is 1. The second-order valence-corrected chi connectivity index (χ2v) is 7.14. The maximum Gasteiger partial charge on any atom is 0.270 e. The van der Waals surface area contributed by atoms with Gasteiger partial charge in [0.1, 0.15) is 11.5 Å². The number of non-ortho nitro benzene ring substituents is 1. The van der Waals surface area contributed by atoms with Crippen LogP contribution in [0.3, 0.4) is 0 Å². The van der Waals surface area contributed by atoms with Crippen molar-refractivity contribution < 1.29 is 23.6 Å². The summed E-state index contributed by atoms with van der Waals surface area (Å²) in [6.07, 6.45) is 1.51. The number of nitro benzene ring substituents is 1. The van der Waals surface area contributed by atoms with E-state index in [4.69, 9.17) is 13.9 Å². The molecule has 0 saturated carbocycles. The van der Waals surface area contributed by atoms with Crippen molar-refractivity contribution in [3.8, 4) is 22.8 Å². The summed E-state index contributed by atoms with van der Waals surface area (Å²) in [6.45, 7) is 0.177. The smallest absolute Gasteiger partial charge is 0.270 e. The fourth-order valence-corrected chi connectivity index (χ4v) is 3.39. The average Bonchev–Trinajstić information content (AvgIpc) is 3.37. The summed E-state index contributed by atoms with van der Waals surface area (Å²) >= 11 is 3.31. The van der Waals surface area contributed by atoms with Gasteiger partial charge in [0.15, 0.2) is 11.5 Å². The van der Waals surface area contributed by atoms with E-state index in [1.54, 1.807) is 36.4 Å². The van der Waals surface area contributed by atoms with E-state index < -0.39 is 4.92 Å². The third-order valence-electron chi connectivity index (χ3n) is 4.24. The Balaban J connectivity index is 1.36. The molecule has 0 atom stereocenters. The molecule has 2 heterocycles. The molecule has 0 aliphatic carbocycles. The monoisotopic (exact) mass is 471 g/mol. The van der Waals surface area contributed by atoms with E-state index >= 15 is 0 Å². The molecule has 0 saturated heterocycles. The molecular weight excluding hydrogens is 458 g/mol. The lowest BCUT2D eigenvalue weighted by atomic mass is 10.1. The van der Waals surface area contributed by atoms with Gasteiger partial charge in [-0.3, -0.25) is 14.9 Å². The molecule has 4 rings (SSSR count). The Morgan fingerprint density at radius 3 is 2.80 bits per heavy atom. The van der Waals surface area contributed by atoms with Crippen LogP contribution in [0.15, 0.2) is 62.5 Å². The van der Waals surface area contributed by atoms with Crippen LogP contribution in [0.2, 0.25) is 0 Å². The van der Waals surface area contributed by atoms with Crippen molar-refractivity contribution in [1.82, 2.24) is 5.43 Å². The molecule has 1 amide bonds. The van der Waals surface area contributed by atoms with Gasteiger partial charge in [0.25, 0.3) is 5.69 Å². The fraction of sp³-hybridized carbons (Fsp3) is 0.100. The van der Waals surface area contributed by atoms with Crippen LogP contribution in [0.1, 0.15) is 11.3 Å². The van der Waals surface area contributed by atoms with Gasteiger partial charge in [-0.15, -0.1) is 0 Å². The number of fused-ring (bicyclic) bond motifs is 1. The number of ether oxygens (including phenoxy) is 2. The van der Waals surface area contributed by atoms with Crippen LogP contribution in [0.5, 0.6) is 11.5 Å². The van der Waals surface area contributed by atoms with Crippen molar-refractivity contribution in [3.63, 3.8) is 0 Å². The highest BCUT2D eigenvalue weighted by Gasteiger charge is 2.15. The highest BCUT2D eigenvalue weighted by molar-refractivity contribution is 9.10. The number of amides is 1. The zero-order valence-electron chi connectivity index (χ0n) is 15.3. The summed E-state index contributed by atoms with van der Waals surface area (Å²) in [5.74, 6) is 1.90. The van der Waals surface area contributed by atoms with Gasteiger partial charge >= 0.3 is 0 Å². The van der Waals surface area contributed by atoms with Crippen molar-refractivity contribution in [2.45, 2.75) is 6.42 Å². The number of furan rings is 1. The number of hydrogen-bond donors (Lipinski definition) is 1. The van der Waals surface area contributed by atoms with E-state index in [2.05, 4.69) is 26.5 Å². The number of halogens is 1. The highest BCUT2D eigenvalue weighted by Crippen LogP contribution is 2.33. The van der Waals surface area contributed by atoms with Crippen molar-refractivity contribution in [2.75, 3.05) is 6.79 Å². The van der Waals surface area contributed by atoms with E-state index in [1.807, 2.05) is 0 Å². The first kappa shape index (κ1) is 19.6. The number of benzene rings is 2. The number of hydrogen-bond acceptors (Lipinski definition) is 7. The molecule has 30 heavy (non-hydrogen) atoms. The Morgan fingerprint density at radius 2 is 2.00 bits per heavy atom. The molecule has 3 aromatic rings. The molecule has 2 aromatic carbocycles. The van der Waals surface area contributed by atoms with E-state index in [1.165, 1.54) is 18.3 Å². The number of carbonyl (C=O) groups is 1. The molecule has 1 aromatic heterocycles. The second-order valence-electron chi connectivity index (χ2n) is 6.28. The summed E-state index contributed by atoms with van der Waals surface area (Å²) < 4.78 is 16.7. The van der Waals surface area contributed by atoms with Crippen molar-refractivity contribution in [1.29, 1.82) is 0 Å². The quantitative estimate of drug-likeness (QED) is 0.329. The van der Waals surface area contributed by atoms with Crippen molar-refractivity contribution in [3.05, 3.63) is 74.4 Å². The largest absolute Gasteiger partial charge is 0.455 e. The molecule has 1 N–H and O–H groups in total. The van der Waals surface area contributed by atoms with Crippen LogP contribution in [-0.2, 0) is 11.2 Å². The zero-order valence-corrected chi connectivity index (χ0v) is 16.9. The molecule has 152 valence electrons. The highest BCUT2D eigenvalue weighted by atomic mass is 79.9. The predicted molar refractivity (Wildman–Crippen MR) is 111 cm³/mol. The Bertz CT molecular complexity index is 1160. The normalized spacial score (nSPS) is 12.3. The Morgan fingerprint density at radius 1 is 1.17 bits per heavy atom. The van der Waals surface area contributed by atoms with Crippen LogP contribution in [-0.4, -0.2) is 23.8 Å². The number of hydrazone groups is 1. The van der Waals surface area contributed by atoms with Gasteiger partial charge in [-0.05, 0) is 51.8 Å². The fourth-order valence-electron chi connectivity index (χ4n) is 2.83. The minimum atomic E-state index is -0.471. The first-order valence-electron chi connectivity index (χ1n) is 8.74. The molecular formula is C20H14BrN3O6. The molecule has 9 nitrogen and oxygen atoms in total. The molecule has 0 radical (unpaired) electrons. The lowest BCUT2D eigenvalue weighted by molar-refractivity contribution is -0.384. The zero-order chi connectivity index (χ0) is 21.1. The molecule has 1 aliphatic rings. The summed E-state index contributed by atoms with van der Waals surface area (Å²) in [7, 11) is 0. The predicted octanol–water partition coefficient (Wildman–Crippen LogP) is 4.04. The van der Waals surface area contributed by atoms with E-state index in [0.717, 1.165) is 5.56 Å². The summed E-state index contributed by atoms with van der Waals surface area (Å²) in [4.78, 5) is 22.4. The molecule has 0 fully saturated rings. The lowest BCUT2D eigenvalue weighted by Gasteiger charge is -2.02. The molecule has 1 aliphatic heterocycles. The van der Waals surface area contributed by atoms with Crippen LogP contribution in [0.25, 0.3) is 11.3 Å². The van der Waals surface area contributed by atoms with Crippen molar-refractivity contribution in [2.24, 2.45) is 5.10 Å². The maximum absolute atomic E-state index is 12.1. The number of carbonyl (C=O) groups excluding carboxylic acids is 1. The average molecular weight is 472 g/mol. The van der Waals surface area contributed by atoms with Gasteiger partial charge in [0.2, 0.25) is 12.7 Å². The van der Waals surface area contributed by atoms with E-state index in [0.29, 0.717) is 33.1 Å². The van der Waals surface area contributed by atoms with E-state index in [-0.39, 0.29) is 24.8 Å². The van der Waals surface area contributed by atoms with Gasteiger partial charge in [-0.2, -0.15) is 5.10 Å². The van der Waals surface area contributed by atoms with Gasteiger partial charge in [-0.1, -0.05) is 6.07 Å². The summed E-state index contributed by atoms with van der Waals surface area (Å²) in [6, 6.07) is 13.1. The minimum absolute atomic E-state index is 0.0239. The first-order valence-corrected chi connectivity index (χ1v) is 9.53. The molecule has 10 heteroatoms. The SMILES string of the molecule is O=C(Cc1ccc2c(c1)OCO2)N/N=C/c1ccc(-c2ccc([N+](=O)[O-])cc2Br)o1. The number of nitrogens with zero attached hydrogens (tertiary/aromatic N) is 2. The summed E-state index contributed by atoms with van der Waals surface area (Å²) in [5.41, 5.74) is 3.85. The Kier molecular flexibility index (Phi) is 5.48. The van der Waals surface area contributed by atoms with Gasteiger partial charge in [0.05, 0.1) is 17.6 Å². The third-order valence-corrected chi connectivity index (χ3v) is 4.89. The van der Waals surface area contributed by atoms with Gasteiger partial charge in [0, 0.05) is 22.2 Å². The number of nitrogens with one attached hydrogen (secondary N) is 1. The standard InChI is InChI=1S/C20H14BrN3O6/c21-16-9-13(24(26)27)2-4-15(16)17-6-3-14(30-17)10-22-23-20(25)8-12-1-5-18-19(7-12)29-11-28-18/h1-7,9-10H,8,11H2,(H,23,25)/b22-10+. The summed E-state index contributed by atoms with van der Waals surface area (Å²) in [5, 5.41) is 14.7. The van der Waals surface area contributed by atoms with Crippen LogP contribution in [0.4, 0.5) is 5.69 Å². The Hall–Kier alpha value is -3.66. The third kappa shape index (κ3) is 4.33. The maximum atomic E-state index is 12.1. The van der Waals surface area contributed by atoms with Crippen LogP contribution < -0.4 is 14.9 Å². The molecule has 0 unspecified atom stereocenters. The second kappa shape index (κ2) is 8.37. The van der Waals surface area contributed by atoms with Crippen LogP contribution >= 0.6 is 15.9 Å². The van der Waals surface area contributed by atoms with Crippen molar-refractivity contribution >= 4 is 33.7 Å². The molecule has 0 spiro atoms. The number of rotatable bonds is 6. The van der Waals surface area contributed by atoms with Gasteiger partial charge in [-0.25, -0.2) is 5.43 Å². The lowest BCUT2D eigenvalue weighted by Crippen LogP contribution is -2.19. The van der Waals surface area contributed by atoms with Crippen LogP contribution in [0, 0.1) is 10.1 Å². The minimum Gasteiger partial charge on any atom is -0.455 e. The van der Waals surface area contributed by atoms with Gasteiger partial charge < -0.3 is 13.9 Å². The van der Waals surface area contributed by atoms with E-state index in [9.17, 15) is 14.9 Å². The Labute approximate surface area is 178 Å². The first-order chi connectivity index (χ1) is 14.5. The molecule has 0 bridgehead atoms.